The summed E-state index contributed by atoms with van der Waals surface area (Å²) in [7, 11) is 0. The van der Waals surface area contributed by atoms with Crippen molar-refractivity contribution in [2.45, 2.75) is 56.7 Å². The van der Waals surface area contributed by atoms with Gasteiger partial charge in [-0.15, -0.1) is 0 Å². The second-order valence-corrected chi connectivity index (χ2v) is 6.02. The van der Waals surface area contributed by atoms with Gasteiger partial charge in [0.25, 0.3) is 0 Å². The smallest absolute Gasteiger partial charge is 0.145 e. The van der Waals surface area contributed by atoms with Crippen molar-refractivity contribution >= 4 is 5.69 Å². The summed E-state index contributed by atoms with van der Waals surface area (Å²) in [6, 6.07) is 4.20. The Morgan fingerprint density at radius 3 is 2.85 bits per heavy atom. The molecule has 3 nitrogen and oxygen atoms in total. The van der Waals surface area contributed by atoms with Crippen molar-refractivity contribution in [2.75, 3.05) is 12.3 Å². The second kappa shape index (κ2) is 5.60. The molecule has 1 saturated carbocycles. The molecule has 4 heteroatoms. The lowest BCUT2D eigenvalue weighted by Crippen LogP contribution is -2.32. The first kappa shape index (κ1) is 13.7. The molecule has 1 unspecified atom stereocenters. The maximum absolute atomic E-state index is 13.2. The van der Waals surface area contributed by atoms with Gasteiger partial charge >= 0.3 is 0 Å². The van der Waals surface area contributed by atoms with Gasteiger partial charge in [-0.1, -0.05) is 19.3 Å². The monoisotopic (exact) mass is 279 g/mol. The highest BCUT2D eigenvalue weighted by Crippen LogP contribution is 2.42. The predicted octanol–water partition coefficient (Wildman–Crippen LogP) is 3.67. The Balaban J connectivity index is 1.56. The normalized spacial score (nSPS) is 24.9. The van der Waals surface area contributed by atoms with Crippen LogP contribution in [0.4, 0.5) is 10.1 Å². The van der Waals surface area contributed by atoms with Gasteiger partial charge in [0.05, 0.1) is 17.4 Å². The average Bonchev–Trinajstić information content (AvgIpc) is 2.84. The van der Waals surface area contributed by atoms with Crippen molar-refractivity contribution < 1.29 is 13.9 Å². The lowest BCUT2D eigenvalue weighted by atomic mass is 9.83. The van der Waals surface area contributed by atoms with E-state index < -0.39 is 0 Å². The van der Waals surface area contributed by atoms with E-state index in [1.54, 1.807) is 0 Å². The topological polar surface area (TPSA) is 44.5 Å². The molecule has 2 fully saturated rings. The van der Waals surface area contributed by atoms with Gasteiger partial charge in [0, 0.05) is 6.07 Å². The number of benzene rings is 1. The molecule has 0 aromatic heterocycles. The molecule has 1 aromatic rings. The van der Waals surface area contributed by atoms with Gasteiger partial charge in [-0.3, -0.25) is 0 Å². The Morgan fingerprint density at radius 2 is 2.05 bits per heavy atom. The summed E-state index contributed by atoms with van der Waals surface area (Å²) in [5.41, 5.74) is 6.34. The second-order valence-electron chi connectivity index (χ2n) is 6.02. The van der Waals surface area contributed by atoms with Gasteiger partial charge in [0.15, 0.2) is 0 Å². The van der Waals surface area contributed by atoms with Crippen LogP contribution >= 0.6 is 0 Å². The van der Waals surface area contributed by atoms with E-state index in [9.17, 15) is 4.39 Å². The third-order valence-corrected chi connectivity index (χ3v) is 4.50. The molecule has 1 atom stereocenters. The van der Waals surface area contributed by atoms with Crippen molar-refractivity contribution in [3.05, 3.63) is 24.0 Å². The number of ether oxygens (including phenoxy) is 2. The van der Waals surface area contributed by atoms with E-state index in [2.05, 4.69) is 0 Å². The quantitative estimate of drug-likeness (QED) is 0.859. The predicted molar refractivity (Wildman–Crippen MR) is 76.2 cm³/mol. The fraction of sp³-hybridized carbons (Fsp3) is 0.625. The molecule has 1 heterocycles. The lowest BCUT2D eigenvalue weighted by molar-refractivity contribution is -0.0748. The highest BCUT2D eigenvalue weighted by Gasteiger charge is 2.40. The number of rotatable bonds is 3. The standard InChI is InChI=1S/C16H22FNO2/c17-12-4-5-14(18)15(10-12)19-11-13-6-9-16(20-13)7-2-1-3-8-16/h4-5,10,13H,1-3,6-9,11,18H2. The third kappa shape index (κ3) is 2.90. The molecule has 1 aliphatic heterocycles. The first-order valence-corrected chi connectivity index (χ1v) is 7.53. The van der Waals surface area contributed by atoms with E-state index >= 15 is 0 Å². The summed E-state index contributed by atoms with van der Waals surface area (Å²) >= 11 is 0. The van der Waals surface area contributed by atoms with Crippen molar-refractivity contribution in [2.24, 2.45) is 0 Å². The molecule has 110 valence electrons. The molecule has 0 radical (unpaired) electrons. The van der Waals surface area contributed by atoms with E-state index in [-0.39, 0.29) is 17.5 Å². The van der Waals surface area contributed by atoms with Crippen molar-refractivity contribution in [3.8, 4) is 5.75 Å². The van der Waals surface area contributed by atoms with Crippen molar-refractivity contribution in [3.63, 3.8) is 0 Å². The highest BCUT2D eigenvalue weighted by atomic mass is 19.1. The zero-order chi connectivity index (χ0) is 14.0. The van der Waals surface area contributed by atoms with Crippen molar-refractivity contribution in [1.29, 1.82) is 0 Å². The van der Waals surface area contributed by atoms with E-state index in [1.807, 2.05) is 0 Å². The van der Waals surface area contributed by atoms with Gasteiger partial charge in [-0.25, -0.2) is 4.39 Å². The molecule has 2 N–H and O–H groups in total. The number of anilines is 1. The summed E-state index contributed by atoms with van der Waals surface area (Å²) < 4.78 is 25.0. The third-order valence-electron chi connectivity index (χ3n) is 4.50. The molecule has 0 bridgehead atoms. The van der Waals surface area contributed by atoms with Gasteiger partial charge < -0.3 is 15.2 Å². The maximum Gasteiger partial charge on any atom is 0.145 e. The van der Waals surface area contributed by atoms with Crippen molar-refractivity contribution in [1.82, 2.24) is 0 Å². The summed E-state index contributed by atoms with van der Waals surface area (Å²) in [6.07, 6.45) is 8.46. The summed E-state index contributed by atoms with van der Waals surface area (Å²) in [6.45, 7) is 0.454. The summed E-state index contributed by atoms with van der Waals surface area (Å²) in [5, 5.41) is 0. The molecule has 1 spiro atoms. The van der Waals surface area contributed by atoms with Gasteiger partial charge in [-0.05, 0) is 37.8 Å². The molecular weight excluding hydrogens is 257 g/mol. The van der Waals surface area contributed by atoms with E-state index in [4.69, 9.17) is 15.2 Å². The summed E-state index contributed by atoms with van der Waals surface area (Å²) in [4.78, 5) is 0. The SMILES string of the molecule is Nc1ccc(F)cc1OCC1CCC2(CCCCC2)O1. The fourth-order valence-electron chi connectivity index (χ4n) is 3.39. The molecule has 2 aliphatic rings. The molecule has 1 aliphatic carbocycles. The van der Waals surface area contributed by atoms with Crippen LogP contribution < -0.4 is 10.5 Å². The lowest BCUT2D eigenvalue weighted by Gasteiger charge is -2.33. The number of nitrogens with two attached hydrogens (primary N) is 1. The molecule has 3 rings (SSSR count). The fourth-order valence-corrected chi connectivity index (χ4v) is 3.39. The maximum atomic E-state index is 13.2. The van der Waals surface area contributed by atoms with Crippen LogP contribution in [0, 0.1) is 5.82 Å². The number of hydrogen-bond donors (Lipinski definition) is 1. The minimum absolute atomic E-state index is 0.0970. The number of halogens is 1. The molecule has 1 saturated heterocycles. The van der Waals surface area contributed by atoms with E-state index in [0.717, 1.165) is 12.8 Å². The minimum atomic E-state index is -0.328. The molecule has 20 heavy (non-hydrogen) atoms. The van der Waals surface area contributed by atoms with Crippen LogP contribution in [-0.2, 0) is 4.74 Å². The molecule has 0 amide bonds. The number of hydrogen-bond acceptors (Lipinski definition) is 3. The van der Waals surface area contributed by atoms with Gasteiger partial charge in [0.2, 0.25) is 0 Å². The zero-order valence-corrected chi connectivity index (χ0v) is 11.7. The Morgan fingerprint density at radius 1 is 1.25 bits per heavy atom. The Bertz CT molecular complexity index is 472. The Labute approximate surface area is 119 Å². The van der Waals surface area contributed by atoms with Crippen LogP contribution in [-0.4, -0.2) is 18.3 Å². The first-order valence-electron chi connectivity index (χ1n) is 7.53. The van der Waals surface area contributed by atoms with E-state index in [0.29, 0.717) is 18.0 Å². The minimum Gasteiger partial charge on any atom is -0.489 e. The number of nitrogen functional groups attached to an aromatic ring is 1. The Hall–Kier alpha value is -1.29. The van der Waals surface area contributed by atoms with Gasteiger partial charge in [0.1, 0.15) is 18.2 Å². The van der Waals surface area contributed by atoms with E-state index in [1.165, 1.54) is 50.3 Å². The van der Waals surface area contributed by atoms with Crippen LogP contribution in [0.15, 0.2) is 18.2 Å². The van der Waals surface area contributed by atoms with Crippen LogP contribution in [0.5, 0.6) is 5.75 Å². The Kier molecular flexibility index (Phi) is 3.83. The van der Waals surface area contributed by atoms with Crippen LogP contribution in [0.1, 0.15) is 44.9 Å². The van der Waals surface area contributed by atoms with Crippen LogP contribution in [0.25, 0.3) is 0 Å². The van der Waals surface area contributed by atoms with Gasteiger partial charge in [-0.2, -0.15) is 0 Å². The van der Waals surface area contributed by atoms with Crippen LogP contribution in [0.3, 0.4) is 0 Å². The highest BCUT2D eigenvalue weighted by molar-refractivity contribution is 5.52. The van der Waals surface area contributed by atoms with Crippen LogP contribution in [0.2, 0.25) is 0 Å². The largest absolute Gasteiger partial charge is 0.489 e. The first-order chi connectivity index (χ1) is 9.67. The summed E-state index contributed by atoms with van der Waals surface area (Å²) in [5.74, 6) is 0.0866. The molecule has 1 aromatic carbocycles. The molecular formula is C16H22FNO2. The average molecular weight is 279 g/mol. The zero-order valence-electron chi connectivity index (χ0n) is 11.7.